The van der Waals surface area contributed by atoms with E-state index in [4.69, 9.17) is 5.11 Å². The first kappa shape index (κ1) is 14.0. The lowest BCUT2D eigenvalue weighted by Crippen LogP contribution is -2.16. The minimum Gasteiger partial charge on any atom is -0.480 e. The maximum atomic E-state index is 10.9. The number of nitrogens with zero attached hydrogens (tertiary/aromatic N) is 4. The first-order chi connectivity index (χ1) is 8.19. The molecular formula is C10H18N4O2S. The van der Waals surface area contributed by atoms with Gasteiger partial charge in [0.05, 0.1) is 5.75 Å². The number of aliphatic carboxylic acids is 1. The first-order valence-corrected chi connectivity index (χ1v) is 6.83. The van der Waals surface area contributed by atoms with Crippen LogP contribution in [0.15, 0.2) is 0 Å². The second kappa shape index (κ2) is 7.26. The Morgan fingerprint density at radius 1 is 1.53 bits per heavy atom. The van der Waals surface area contributed by atoms with Gasteiger partial charge in [-0.25, -0.2) is 4.68 Å². The summed E-state index contributed by atoms with van der Waals surface area (Å²) >= 11 is 1.37. The molecule has 7 heteroatoms. The third-order valence-electron chi connectivity index (χ3n) is 2.39. The summed E-state index contributed by atoms with van der Waals surface area (Å²) in [5.74, 6) is 0.523. The third kappa shape index (κ3) is 4.33. The predicted molar refractivity (Wildman–Crippen MR) is 65.7 cm³/mol. The van der Waals surface area contributed by atoms with Crippen LogP contribution in [-0.2, 0) is 17.1 Å². The zero-order valence-corrected chi connectivity index (χ0v) is 11.0. The molecule has 1 aromatic heterocycles. The van der Waals surface area contributed by atoms with Gasteiger partial charge in [0, 0.05) is 6.54 Å². The first-order valence-electron chi connectivity index (χ1n) is 5.78. The van der Waals surface area contributed by atoms with Crippen LogP contribution in [0.4, 0.5) is 0 Å². The highest BCUT2D eigenvalue weighted by Crippen LogP contribution is 2.19. The molecule has 1 N–H and O–H groups in total. The van der Waals surface area contributed by atoms with Gasteiger partial charge in [-0.05, 0) is 23.3 Å². The fourth-order valence-electron chi connectivity index (χ4n) is 1.35. The number of aryl methyl sites for hydroxylation is 1. The van der Waals surface area contributed by atoms with Crippen molar-refractivity contribution >= 4 is 17.7 Å². The zero-order valence-electron chi connectivity index (χ0n) is 10.2. The number of carbonyl (C=O) groups is 1. The summed E-state index contributed by atoms with van der Waals surface area (Å²) in [6.45, 7) is 4.77. The number of tetrazole rings is 1. The van der Waals surface area contributed by atoms with Crippen LogP contribution in [0.25, 0.3) is 0 Å². The largest absolute Gasteiger partial charge is 0.480 e. The highest BCUT2D eigenvalue weighted by Gasteiger charge is 2.17. The monoisotopic (exact) mass is 258 g/mol. The van der Waals surface area contributed by atoms with E-state index in [9.17, 15) is 4.79 Å². The zero-order chi connectivity index (χ0) is 12.7. The van der Waals surface area contributed by atoms with Crippen molar-refractivity contribution in [1.29, 1.82) is 0 Å². The van der Waals surface area contributed by atoms with Crippen LogP contribution in [0.2, 0.25) is 0 Å². The lowest BCUT2D eigenvalue weighted by atomic mass is 10.3. The van der Waals surface area contributed by atoms with Gasteiger partial charge in [0.2, 0.25) is 0 Å². The van der Waals surface area contributed by atoms with E-state index >= 15 is 0 Å². The van der Waals surface area contributed by atoms with Gasteiger partial charge < -0.3 is 5.11 Å². The van der Waals surface area contributed by atoms with E-state index in [0.717, 1.165) is 25.2 Å². The molecular weight excluding hydrogens is 240 g/mol. The lowest BCUT2D eigenvalue weighted by molar-refractivity contribution is -0.136. The average Bonchev–Trinajstić information content (AvgIpc) is 2.74. The van der Waals surface area contributed by atoms with Gasteiger partial charge in [-0.3, -0.25) is 4.79 Å². The van der Waals surface area contributed by atoms with E-state index < -0.39 is 5.97 Å². The number of carboxylic acid groups (broad SMARTS) is 1. The summed E-state index contributed by atoms with van der Waals surface area (Å²) in [6.07, 6.45) is 2.72. The number of aromatic nitrogens is 4. The molecule has 0 saturated carbocycles. The molecule has 1 aromatic rings. The minimum absolute atomic E-state index is 0.383. The molecule has 0 aliphatic rings. The van der Waals surface area contributed by atoms with Crippen molar-refractivity contribution in [3.05, 3.63) is 5.82 Å². The maximum Gasteiger partial charge on any atom is 0.316 e. The van der Waals surface area contributed by atoms with E-state index in [-0.39, 0.29) is 5.25 Å². The Morgan fingerprint density at radius 3 is 2.88 bits per heavy atom. The van der Waals surface area contributed by atoms with E-state index in [1.807, 2.05) is 6.92 Å². The van der Waals surface area contributed by atoms with Crippen molar-refractivity contribution in [2.45, 2.75) is 50.7 Å². The highest BCUT2D eigenvalue weighted by atomic mass is 32.2. The molecule has 6 nitrogen and oxygen atoms in total. The molecule has 0 aliphatic heterocycles. The van der Waals surface area contributed by atoms with Crippen LogP contribution in [0.1, 0.15) is 38.9 Å². The Kier molecular flexibility index (Phi) is 5.96. The average molecular weight is 258 g/mol. The summed E-state index contributed by atoms with van der Waals surface area (Å²) < 4.78 is 1.76. The van der Waals surface area contributed by atoms with E-state index in [0.29, 0.717) is 12.2 Å². The number of thioether (sulfide) groups is 1. The molecule has 0 aliphatic carbocycles. The molecule has 0 bridgehead atoms. The minimum atomic E-state index is -0.773. The third-order valence-corrected chi connectivity index (χ3v) is 3.75. The van der Waals surface area contributed by atoms with Crippen LogP contribution >= 0.6 is 11.8 Å². The van der Waals surface area contributed by atoms with Gasteiger partial charge >= 0.3 is 5.97 Å². The topological polar surface area (TPSA) is 80.9 Å². The quantitative estimate of drug-likeness (QED) is 0.762. The summed E-state index contributed by atoms with van der Waals surface area (Å²) in [5, 5.41) is 20.0. The normalized spacial score (nSPS) is 12.6. The molecule has 1 atom stereocenters. The number of hydrogen-bond donors (Lipinski definition) is 1. The molecule has 96 valence electrons. The summed E-state index contributed by atoms with van der Waals surface area (Å²) in [5.41, 5.74) is 0. The molecule has 0 saturated heterocycles. The summed E-state index contributed by atoms with van der Waals surface area (Å²) in [4.78, 5) is 10.9. The predicted octanol–water partition coefficient (Wildman–Crippen LogP) is 1.57. The lowest BCUT2D eigenvalue weighted by Gasteiger charge is -2.08. The van der Waals surface area contributed by atoms with E-state index in [1.165, 1.54) is 11.8 Å². The standard InChI is InChI=1S/C10H18N4O2S/c1-3-5-6-14-9(11-12-13-14)7-17-8(4-2)10(15)16/h8H,3-7H2,1-2H3,(H,15,16). The second-order valence-corrected chi connectivity index (χ2v) is 4.91. The molecule has 0 radical (unpaired) electrons. The smallest absolute Gasteiger partial charge is 0.316 e. The highest BCUT2D eigenvalue weighted by molar-refractivity contribution is 7.99. The second-order valence-electron chi connectivity index (χ2n) is 3.72. The number of unbranched alkanes of at least 4 members (excludes halogenated alkanes) is 1. The van der Waals surface area contributed by atoms with Crippen LogP contribution < -0.4 is 0 Å². The molecule has 0 amide bonds. The molecule has 17 heavy (non-hydrogen) atoms. The van der Waals surface area contributed by atoms with Crippen molar-refractivity contribution in [1.82, 2.24) is 20.2 Å². The Labute approximate surface area is 105 Å². The molecule has 1 unspecified atom stereocenters. The van der Waals surface area contributed by atoms with Crippen molar-refractivity contribution in [3.8, 4) is 0 Å². The van der Waals surface area contributed by atoms with Gasteiger partial charge in [-0.15, -0.1) is 16.9 Å². The molecule has 1 rings (SSSR count). The Hall–Kier alpha value is -1.11. The Bertz CT molecular complexity index is 356. The van der Waals surface area contributed by atoms with Crippen LogP contribution in [0.5, 0.6) is 0 Å². The summed E-state index contributed by atoms with van der Waals surface area (Å²) in [7, 11) is 0. The Morgan fingerprint density at radius 2 is 2.29 bits per heavy atom. The van der Waals surface area contributed by atoms with Crippen LogP contribution in [0, 0.1) is 0 Å². The van der Waals surface area contributed by atoms with Crippen LogP contribution in [-0.4, -0.2) is 36.5 Å². The molecule has 0 aromatic carbocycles. The maximum absolute atomic E-state index is 10.9. The Balaban J connectivity index is 2.50. The fourth-order valence-corrected chi connectivity index (χ4v) is 2.28. The van der Waals surface area contributed by atoms with Crippen molar-refractivity contribution in [2.75, 3.05) is 0 Å². The number of carboxylic acids is 1. The van der Waals surface area contributed by atoms with E-state index in [1.54, 1.807) is 4.68 Å². The number of rotatable bonds is 8. The van der Waals surface area contributed by atoms with Crippen molar-refractivity contribution in [2.24, 2.45) is 0 Å². The van der Waals surface area contributed by atoms with Gasteiger partial charge in [-0.1, -0.05) is 20.3 Å². The fraction of sp³-hybridized carbons (Fsp3) is 0.800. The SMILES string of the molecule is CCCCn1nnnc1CSC(CC)C(=O)O. The van der Waals surface area contributed by atoms with E-state index in [2.05, 4.69) is 22.4 Å². The van der Waals surface area contributed by atoms with Gasteiger partial charge in [0.25, 0.3) is 0 Å². The molecule has 1 heterocycles. The van der Waals surface area contributed by atoms with Crippen molar-refractivity contribution < 1.29 is 9.90 Å². The van der Waals surface area contributed by atoms with Gasteiger partial charge in [-0.2, -0.15) is 0 Å². The summed E-state index contributed by atoms with van der Waals surface area (Å²) in [6, 6.07) is 0. The van der Waals surface area contributed by atoms with Gasteiger partial charge in [0.15, 0.2) is 5.82 Å². The van der Waals surface area contributed by atoms with Crippen molar-refractivity contribution in [3.63, 3.8) is 0 Å². The molecule has 0 fully saturated rings. The van der Waals surface area contributed by atoms with Gasteiger partial charge in [0.1, 0.15) is 5.25 Å². The number of hydrogen-bond acceptors (Lipinski definition) is 5. The van der Waals surface area contributed by atoms with Crippen LogP contribution in [0.3, 0.4) is 0 Å². The molecule has 0 spiro atoms.